The lowest BCUT2D eigenvalue weighted by atomic mass is 9.44. The summed E-state index contributed by atoms with van der Waals surface area (Å²) in [7, 11) is 1.13. The number of fused-ring (bicyclic) bond motifs is 5. The molecule has 9 nitrogen and oxygen atoms in total. The van der Waals surface area contributed by atoms with E-state index in [2.05, 4.69) is 18.6 Å². The second kappa shape index (κ2) is 10.1. The highest BCUT2D eigenvalue weighted by Crippen LogP contribution is 2.67. The van der Waals surface area contributed by atoms with Crippen molar-refractivity contribution in [1.82, 2.24) is 0 Å². The lowest BCUT2D eigenvalue weighted by Gasteiger charge is -2.60. The summed E-state index contributed by atoms with van der Waals surface area (Å²) in [5.74, 6) is 1.25. The van der Waals surface area contributed by atoms with Crippen LogP contribution in [0.15, 0.2) is 0 Å². The van der Waals surface area contributed by atoms with Gasteiger partial charge in [0.25, 0.3) is 0 Å². The van der Waals surface area contributed by atoms with Crippen molar-refractivity contribution in [2.75, 3.05) is 13.7 Å². The molecule has 0 bridgehead atoms. The maximum atomic E-state index is 13.5. The third-order valence-electron chi connectivity index (χ3n) is 11.4. The van der Waals surface area contributed by atoms with E-state index in [0.29, 0.717) is 23.7 Å². The number of ketones is 1. The van der Waals surface area contributed by atoms with Crippen molar-refractivity contribution in [2.24, 2.45) is 40.4 Å². The monoisotopic (exact) mass is 524 g/mol. The van der Waals surface area contributed by atoms with E-state index in [-0.39, 0.29) is 35.2 Å². The van der Waals surface area contributed by atoms with Crippen molar-refractivity contribution in [3.8, 4) is 0 Å². The average Bonchev–Trinajstić information content (AvgIpc) is 3.24. The second-order valence-corrected chi connectivity index (χ2v) is 13.0. The maximum Gasteiger partial charge on any atom is 0.337 e. The lowest BCUT2D eigenvalue weighted by Crippen LogP contribution is -2.60. The Morgan fingerprint density at radius 1 is 0.865 bits per heavy atom. The first-order valence-electron chi connectivity index (χ1n) is 14.1. The van der Waals surface area contributed by atoms with Crippen molar-refractivity contribution < 1.29 is 44.2 Å². The molecule has 1 aliphatic heterocycles. The van der Waals surface area contributed by atoms with Crippen molar-refractivity contribution in [3.05, 3.63) is 0 Å². The van der Waals surface area contributed by atoms with E-state index in [0.717, 1.165) is 58.5 Å². The van der Waals surface area contributed by atoms with E-state index in [1.807, 2.05) is 0 Å². The van der Waals surface area contributed by atoms with Gasteiger partial charge in [0.05, 0.1) is 13.2 Å². The van der Waals surface area contributed by atoms with Gasteiger partial charge in [0, 0.05) is 5.92 Å². The Balaban J connectivity index is 1.24. The van der Waals surface area contributed by atoms with Crippen LogP contribution in [-0.4, -0.2) is 82.7 Å². The number of carbonyl (C=O) groups is 2. The maximum absolute atomic E-state index is 13.5. The van der Waals surface area contributed by atoms with E-state index in [4.69, 9.17) is 9.47 Å². The van der Waals surface area contributed by atoms with E-state index in [1.54, 1.807) is 0 Å². The molecule has 4 N–H and O–H groups in total. The first-order chi connectivity index (χ1) is 17.5. The van der Waals surface area contributed by atoms with E-state index >= 15 is 0 Å². The topological polar surface area (TPSA) is 143 Å². The van der Waals surface area contributed by atoms with Crippen molar-refractivity contribution in [2.45, 2.75) is 108 Å². The highest BCUT2D eigenvalue weighted by molar-refractivity contribution is 5.83. The minimum Gasteiger partial charge on any atom is -0.467 e. The van der Waals surface area contributed by atoms with E-state index in [9.17, 15) is 30.0 Å². The number of carbonyl (C=O) groups excluding carboxylic acids is 2. The molecule has 0 amide bonds. The number of hydrogen-bond donors (Lipinski definition) is 4. The Morgan fingerprint density at radius 3 is 2.30 bits per heavy atom. The minimum absolute atomic E-state index is 0.0461. The van der Waals surface area contributed by atoms with Gasteiger partial charge in [-0.1, -0.05) is 13.8 Å². The number of aliphatic hydroxyl groups excluding tert-OH is 4. The van der Waals surface area contributed by atoms with Gasteiger partial charge in [-0.3, -0.25) is 4.79 Å². The van der Waals surface area contributed by atoms with Gasteiger partial charge in [0.2, 0.25) is 0 Å². The van der Waals surface area contributed by atoms with Crippen LogP contribution in [0.1, 0.15) is 71.6 Å². The third kappa shape index (κ3) is 4.47. The molecule has 1 heterocycles. The molecule has 13 unspecified atom stereocenters. The van der Waals surface area contributed by atoms with Crippen LogP contribution in [0.4, 0.5) is 0 Å². The molecule has 37 heavy (non-hydrogen) atoms. The molecule has 5 fully saturated rings. The number of ether oxygens (including phenoxy) is 3. The molecular formula is C28H44O9. The molecule has 0 aromatic heterocycles. The third-order valence-corrected chi connectivity index (χ3v) is 11.4. The largest absolute Gasteiger partial charge is 0.467 e. The highest BCUT2D eigenvalue weighted by atomic mass is 16.7. The van der Waals surface area contributed by atoms with Crippen molar-refractivity contribution in [1.29, 1.82) is 0 Å². The summed E-state index contributed by atoms with van der Waals surface area (Å²) in [5.41, 5.74) is 0.181. The van der Waals surface area contributed by atoms with Crippen LogP contribution in [0.25, 0.3) is 0 Å². The predicted molar refractivity (Wildman–Crippen MR) is 131 cm³/mol. The number of Topliss-reactive ketones (excluding diaryl/α,β-unsaturated/α-hetero) is 1. The Kier molecular flexibility index (Phi) is 7.53. The van der Waals surface area contributed by atoms with Crippen LogP contribution in [0.5, 0.6) is 0 Å². The molecule has 0 radical (unpaired) electrons. The van der Waals surface area contributed by atoms with Crippen LogP contribution in [0, 0.1) is 40.4 Å². The van der Waals surface area contributed by atoms with Crippen molar-refractivity contribution >= 4 is 11.8 Å². The quantitative estimate of drug-likeness (QED) is 0.394. The van der Waals surface area contributed by atoms with Crippen LogP contribution in [0.2, 0.25) is 0 Å². The van der Waals surface area contributed by atoms with Gasteiger partial charge in [-0.25, -0.2) is 4.79 Å². The Labute approximate surface area is 218 Å². The molecule has 1 saturated heterocycles. The van der Waals surface area contributed by atoms with Crippen LogP contribution in [0.3, 0.4) is 0 Å². The summed E-state index contributed by atoms with van der Waals surface area (Å²) < 4.78 is 15.6. The SMILES string of the molecule is COC(=O)C1OC(OCC(=O)C2CCC3C4CCC5CC(O)CCC5(C)C4CCC23C)C(O)C(O)C1O. The first kappa shape index (κ1) is 27.5. The smallest absolute Gasteiger partial charge is 0.337 e. The van der Waals surface area contributed by atoms with Gasteiger partial charge in [-0.05, 0) is 92.3 Å². The second-order valence-electron chi connectivity index (χ2n) is 13.0. The predicted octanol–water partition coefficient (Wildman–Crippen LogP) is 1.57. The Hall–Kier alpha value is -1.10. The van der Waals surface area contributed by atoms with Crippen LogP contribution >= 0.6 is 0 Å². The molecule has 5 rings (SSSR count). The Morgan fingerprint density at radius 2 is 1.57 bits per heavy atom. The molecule has 13 atom stereocenters. The fourth-order valence-electron chi connectivity index (χ4n) is 9.33. The number of rotatable bonds is 5. The zero-order chi connectivity index (χ0) is 26.7. The molecule has 0 spiro atoms. The molecule has 4 aliphatic carbocycles. The van der Waals surface area contributed by atoms with Gasteiger partial charge in [-0.2, -0.15) is 0 Å². The standard InChI is InChI=1S/C28H44O9/c1-27-10-8-15(29)12-14(27)4-5-16-17-6-7-19(28(17,2)11-9-18(16)27)20(30)13-36-26-23(33)21(31)22(32)24(37-26)25(34)35-3/h14-19,21-24,26,29,31-33H,4-13H2,1-3H3. The normalized spacial score (nSPS) is 51.5. The van der Waals surface area contributed by atoms with Crippen LogP contribution < -0.4 is 0 Å². The summed E-state index contributed by atoms with van der Waals surface area (Å²) in [4.78, 5) is 25.4. The summed E-state index contributed by atoms with van der Waals surface area (Å²) in [6.45, 7) is 4.43. The average molecular weight is 525 g/mol. The highest BCUT2D eigenvalue weighted by Gasteiger charge is 2.61. The first-order valence-corrected chi connectivity index (χ1v) is 14.1. The number of methoxy groups -OCH3 is 1. The Bertz CT molecular complexity index is 880. The molecule has 5 aliphatic rings. The summed E-state index contributed by atoms with van der Waals surface area (Å²) in [6.07, 6.45) is 1.18. The van der Waals surface area contributed by atoms with Gasteiger partial charge in [0.15, 0.2) is 18.2 Å². The van der Waals surface area contributed by atoms with E-state index in [1.165, 1.54) is 6.42 Å². The summed E-state index contributed by atoms with van der Waals surface area (Å²) in [5, 5.41) is 40.8. The van der Waals surface area contributed by atoms with Crippen molar-refractivity contribution in [3.63, 3.8) is 0 Å². The molecule has 210 valence electrons. The zero-order valence-corrected chi connectivity index (χ0v) is 22.3. The minimum atomic E-state index is -1.67. The van der Waals surface area contributed by atoms with Gasteiger partial charge in [0.1, 0.15) is 24.9 Å². The van der Waals surface area contributed by atoms with E-state index < -0.39 is 36.7 Å². The zero-order valence-electron chi connectivity index (χ0n) is 22.3. The number of aliphatic hydroxyl groups is 4. The molecule has 0 aromatic carbocycles. The molecule has 0 aromatic rings. The number of esters is 1. The molecule has 4 saturated carbocycles. The number of hydrogen-bond acceptors (Lipinski definition) is 9. The molecular weight excluding hydrogens is 480 g/mol. The summed E-state index contributed by atoms with van der Waals surface area (Å²) >= 11 is 0. The fraction of sp³-hybridized carbons (Fsp3) is 0.929. The molecule has 9 heteroatoms. The van der Waals surface area contributed by atoms with Gasteiger partial charge in [-0.15, -0.1) is 0 Å². The van der Waals surface area contributed by atoms with Gasteiger partial charge < -0.3 is 34.6 Å². The fourth-order valence-corrected chi connectivity index (χ4v) is 9.33. The van der Waals surface area contributed by atoms with Crippen LogP contribution in [-0.2, 0) is 23.8 Å². The lowest BCUT2D eigenvalue weighted by molar-refractivity contribution is -0.293. The van der Waals surface area contributed by atoms with Gasteiger partial charge >= 0.3 is 5.97 Å². The summed E-state index contributed by atoms with van der Waals surface area (Å²) in [6, 6.07) is 0.